The summed E-state index contributed by atoms with van der Waals surface area (Å²) in [4.78, 5) is 27.1. The minimum absolute atomic E-state index is 0.235. The minimum atomic E-state index is -0.383. The van der Waals surface area contributed by atoms with Crippen LogP contribution in [-0.2, 0) is 20.7 Å². The van der Waals surface area contributed by atoms with E-state index in [0.29, 0.717) is 12.1 Å². The highest BCUT2D eigenvalue weighted by molar-refractivity contribution is 5.93. The molecule has 0 unspecified atom stereocenters. The molecule has 2 N–H and O–H groups in total. The fourth-order valence-corrected chi connectivity index (χ4v) is 3.04. The van der Waals surface area contributed by atoms with Crippen molar-refractivity contribution in [3.8, 4) is 0 Å². The van der Waals surface area contributed by atoms with Crippen molar-refractivity contribution >= 4 is 28.5 Å². The number of carbonyl (C=O) groups is 2. The zero-order valence-electron chi connectivity index (χ0n) is 15.0. The predicted octanol–water partition coefficient (Wildman–Crippen LogP) is 3.90. The lowest BCUT2D eigenvalue weighted by molar-refractivity contribution is -0.147. The molecule has 26 heavy (non-hydrogen) atoms. The summed E-state index contributed by atoms with van der Waals surface area (Å²) in [5, 5.41) is 3.86. The van der Waals surface area contributed by atoms with Crippen molar-refractivity contribution in [3.63, 3.8) is 0 Å². The number of esters is 1. The third-order valence-electron chi connectivity index (χ3n) is 4.14. The lowest BCUT2D eigenvalue weighted by Gasteiger charge is -2.08. The van der Waals surface area contributed by atoms with Crippen LogP contribution in [0.15, 0.2) is 48.7 Å². The highest BCUT2D eigenvalue weighted by Crippen LogP contribution is 2.19. The molecule has 5 heteroatoms. The van der Waals surface area contributed by atoms with E-state index >= 15 is 0 Å². The number of aryl methyl sites for hydroxylation is 3. The monoisotopic (exact) mass is 350 g/mol. The van der Waals surface area contributed by atoms with Gasteiger partial charge in [-0.25, -0.2) is 0 Å². The smallest absolute Gasteiger partial charge is 0.306 e. The van der Waals surface area contributed by atoms with E-state index in [1.54, 1.807) is 0 Å². The second-order valence-corrected chi connectivity index (χ2v) is 6.44. The number of amides is 1. The van der Waals surface area contributed by atoms with E-state index in [1.807, 2.05) is 62.5 Å². The number of aromatic amines is 1. The van der Waals surface area contributed by atoms with Crippen molar-refractivity contribution in [2.45, 2.75) is 26.7 Å². The summed E-state index contributed by atoms with van der Waals surface area (Å²) in [6.45, 7) is 3.65. The van der Waals surface area contributed by atoms with E-state index in [0.717, 1.165) is 27.6 Å². The Labute approximate surface area is 152 Å². The molecule has 0 fully saturated rings. The van der Waals surface area contributed by atoms with Gasteiger partial charge in [-0.15, -0.1) is 0 Å². The first-order chi connectivity index (χ1) is 12.5. The summed E-state index contributed by atoms with van der Waals surface area (Å²) in [6, 6.07) is 13.7. The van der Waals surface area contributed by atoms with Crippen LogP contribution in [0.2, 0.25) is 0 Å². The van der Waals surface area contributed by atoms with E-state index in [-0.39, 0.29) is 24.9 Å². The Kier molecular flexibility index (Phi) is 5.37. The molecule has 0 saturated heterocycles. The molecular weight excluding hydrogens is 328 g/mol. The minimum Gasteiger partial charge on any atom is -0.456 e. The lowest BCUT2D eigenvalue weighted by atomic mass is 10.1. The molecule has 2 aromatic carbocycles. The Hall–Kier alpha value is -3.08. The van der Waals surface area contributed by atoms with Gasteiger partial charge in [0, 0.05) is 29.2 Å². The molecule has 3 aromatic rings. The van der Waals surface area contributed by atoms with Crippen LogP contribution in [0.4, 0.5) is 5.69 Å². The SMILES string of the molecule is Cc1cc(C)cc(NC(=O)COC(=O)CCc2c[nH]c3ccccc23)c1. The van der Waals surface area contributed by atoms with E-state index in [9.17, 15) is 9.59 Å². The third kappa shape index (κ3) is 4.51. The summed E-state index contributed by atoms with van der Waals surface area (Å²) in [6.07, 6.45) is 2.71. The Morgan fingerprint density at radius 3 is 2.58 bits per heavy atom. The summed E-state index contributed by atoms with van der Waals surface area (Å²) < 4.78 is 5.09. The van der Waals surface area contributed by atoms with Gasteiger partial charge in [-0.2, -0.15) is 0 Å². The maximum atomic E-state index is 12.0. The van der Waals surface area contributed by atoms with Crippen molar-refractivity contribution in [3.05, 3.63) is 65.4 Å². The second kappa shape index (κ2) is 7.87. The topological polar surface area (TPSA) is 71.2 Å². The van der Waals surface area contributed by atoms with Crippen molar-refractivity contribution in [2.24, 2.45) is 0 Å². The van der Waals surface area contributed by atoms with Gasteiger partial charge in [-0.3, -0.25) is 9.59 Å². The molecule has 0 spiro atoms. The maximum absolute atomic E-state index is 12.0. The lowest BCUT2D eigenvalue weighted by Crippen LogP contribution is -2.21. The molecule has 1 amide bonds. The zero-order valence-corrected chi connectivity index (χ0v) is 15.0. The quantitative estimate of drug-likeness (QED) is 0.662. The van der Waals surface area contributed by atoms with Crippen molar-refractivity contribution in [1.82, 2.24) is 4.98 Å². The Balaban J connectivity index is 1.47. The first kappa shape index (κ1) is 17.7. The number of hydrogen-bond acceptors (Lipinski definition) is 3. The summed E-state index contributed by atoms with van der Waals surface area (Å²) in [7, 11) is 0. The van der Waals surface area contributed by atoms with Crippen molar-refractivity contribution in [2.75, 3.05) is 11.9 Å². The molecule has 3 rings (SSSR count). The van der Waals surface area contributed by atoms with Crippen LogP contribution in [0.3, 0.4) is 0 Å². The molecule has 1 aromatic heterocycles. The molecule has 0 radical (unpaired) electrons. The fraction of sp³-hybridized carbons (Fsp3) is 0.238. The van der Waals surface area contributed by atoms with E-state index < -0.39 is 0 Å². The van der Waals surface area contributed by atoms with Crippen LogP contribution in [0.25, 0.3) is 10.9 Å². The number of nitrogens with one attached hydrogen (secondary N) is 2. The van der Waals surface area contributed by atoms with Gasteiger partial charge in [-0.05, 0) is 55.2 Å². The Morgan fingerprint density at radius 2 is 1.81 bits per heavy atom. The van der Waals surface area contributed by atoms with E-state index in [4.69, 9.17) is 4.74 Å². The van der Waals surface area contributed by atoms with Crippen molar-refractivity contribution < 1.29 is 14.3 Å². The van der Waals surface area contributed by atoms with Gasteiger partial charge < -0.3 is 15.0 Å². The second-order valence-electron chi connectivity index (χ2n) is 6.44. The molecule has 0 bridgehead atoms. The molecule has 0 aliphatic rings. The van der Waals surface area contributed by atoms with Gasteiger partial charge >= 0.3 is 5.97 Å². The Morgan fingerprint density at radius 1 is 1.08 bits per heavy atom. The molecule has 1 heterocycles. The summed E-state index contributed by atoms with van der Waals surface area (Å²) >= 11 is 0. The molecule has 0 atom stereocenters. The third-order valence-corrected chi connectivity index (χ3v) is 4.14. The molecular formula is C21H22N2O3. The molecule has 0 saturated carbocycles. The van der Waals surface area contributed by atoms with Gasteiger partial charge in [0.1, 0.15) is 0 Å². The van der Waals surface area contributed by atoms with E-state index in [2.05, 4.69) is 10.3 Å². The number of anilines is 1. The normalized spacial score (nSPS) is 10.7. The highest BCUT2D eigenvalue weighted by atomic mass is 16.5. The molecule has 5 nitrogen and oxygen atoms in total. The van der Waals surface area contributed by atoms with Crippen LogP contribution in [0, 0.1) is 13.8 Å². The number of H-pyrrole nitrogens is 1. The van der Waals surface area contributed by atoms with Crippen LogP contribution < -0.4 is 5.32 Å². The number of benzene rings is 2. The van der Waals surface area contributed by atoms with Crippen molar-refractivity contribution in [1.29, 1.82) is 0 Å². The zero-order chi connectivity index (χ0) is 18.5. The predicted molar refractivity (Wildman–Crippen MR) is 102 cm³/mol. The average molecular weight is 350 g/mol. The molecule has 0 aliphatic heterocycles. The number of fused-ring (bicyclic) bond motifs is 1. The van der Waals surface area contributed by atoms with Gasteiger partial charge in [-0.1, -0.05) is 24.3 Å². The average Bonchev–Trinajstić information content (AvgIpc) is 3.00. The first-order valence-electron chi connectivity index (χ1n) is 8.60. The molecule has 0 aliphatic carbocycles. The van der Waals surface area contributed by atoms with E-state index in [1.165, 1.54) is 0 Å². The Bertz CT molecular complexity index is 923. The van der Waals surface area contributed by atoms with Gasteiger partial charge in [0.15, 0.2) is 6.61 Å². The van der Waals surface area contributed by atoms with Gasteiger partial charge in [0.2, 0.25) is 0 Å². The summed E-state index contributed by atoms with van der Waals surface area (Å²) in [5.41, 5.74) is 4.95. The van der Waals surface area contributed by atoms with Crippen LogP contribution in [-0.4, -0.2) is 23.5 Å². The van der Waals surface area contributed by atoms with Crippen LogP contribution in [0.5, 0.6) is 0 Å². The number of carbonyl (C=O) groups excluding carboxylic acids is 2. The van der Waals surface area contributed by atoms with Gasteiger partial charge in [0.05, 0.1) is 0 Å². The standard InChI is InChI=1S/C21H22N2O3/c1-14-9-15(2)11-17(10-14)23-20(24)13-26-21(25)8-7-16-12-22-19-6-4-3-5-18(16)19/h3-6,9-12,22H,7-8,13H2,1-2H3,(H,23,24). The number of hydrogen-bond donors (Lipinski definition) is 2. The number of aromatic nitrogens is 1. The summed E-state index contributed by atoms with van der Waals surface area (Å²) in [5.74, 6) is -0.721. The highest BCUT2D eigenvalue weighted by Gasteiger charge is 2.10. The number of rotatable bonds is 6. The number of ether oxygens (including phenoxy) is 1. The first-order valence-corrected chi connectivity index (χ1v) is 8.60. The maximum Gasteiger partial charge on any atom is 0.306 e. The van der Waals surface area contributed by atoms with Crippen LogP contribution >= 0.6 is 0 Å². The largest absolute Gasteiger partial charge is 0.456 e. The fourth-order valence-electron chi connectivity index (χ4n) is 3.04. The van der Waals surface area contributed by atoms with Gasteiger partial charge in [0.25, 0.3) is 5.91 Å². The molecule has 134 valence electrons. The van der Waals surface area contributed by atoms with Crippen LogP contribution in [0.1, 0.15) is 23.1 Å². The number of para-hydroxylation sites is 1.